The van der Waals surface area contributed by atoms with Crippen LogP contribution in [0, 0.1) is 11.8 Å². The minimum Gasteiger partial charge on any atom is -0.466 e. The Morgan fingerprint density at radius 1 is 1.40 bits per heavy atom. The van der Waals surface area contributed by atoms with Crippen molar-refractivity contribution in [2.24, 2.45) is 11.8 Å². The number of Topliss-reactive ketones (excluding diaryl/α,β-unsaturated/α-hetero) is 1. The standard InChI is InChI=1S/C22H33N3O4S/c1-17(26)25-10-12-30-16-20(22(28)19-7-3-9-24-15-19)13-21(27)29-11-4-6-18-5-2-8-23-14-18/h3,7,9,15,18,20,23H,2,4-6,8,10-14,16H2,1H3,(H,25,26). The van der Waals surface area contributed by atoms with Crippen LogP contribution in [-0.2, 0) is 14.3 Å². The minimum absolute atomic E-state index is 0.0614. The summed E-state index contributed by atoms with van der Waals surface area (Å²) in [6.07, 6.45) is 7.55. The smallest absolute Gasteiger partial charge is 0.306 e. The van der Waals surface area contributed by atoms with Crippen LogP contribution in [0.4, 0.5) is 0 Å². The average Bonchev–Trinajstić information content (AvgIpc) is 2.76. The van der Waals surface area contributed by atoms with Gasteiger partial charge in [-0.15, -0.1) is 0 Å². The monoisotopic (exact) mass is 435 g/mol. The molecule has 166 valence electrons. The first kappa shape index (κ1) is 24.3. The molecule has 1 aliphatic heterocycles. The molecule has 2 unspecified atom stereocenters. The molecule has 2 N–H and O–H groups in total. The van der Waals surface area contributed by atoms with Crippen molar-refractivity contribution in [1.82, 2.24) is 15.6 Å². The first-order valence-corrected chi connectivity index (χ1v) is 11.8. The van der Waals surface area contributed by atoms with Gasteiger partial charge in [0.05, 0.1) is 13.0 Å². The second-order valence-electron chi connectivity index (χ2n) is 7.64. The molecule has 8 heteroatoms. The number of carbonyl (C=O) groups excluding carboxylic acids is 3. The molecule has 7 nitrogen and oxygen atoms in total. The van der Waals surface area contributed by atoms with E-state index in [1.807, 2.05) is 0 Å². The third-order valence-corrected chi connectivity index (χ3v) is 6.22. The number of amides is 1. The highest BCUT2D eigenvalue weighted by molar-refractivity contribution is 7.99. The van der Waals surface area contributed by atoms with Crippen LogP contribution in [-0.4, -0.2) is 60.4 Å². The van der Waals surface area contributed by atoms with Gasteiger partial charge in [-0.25, -0.2) is 0 Å². The number of rotatable bonds is 13. The summed E-state index contributed by atoms with van der Waals surface area (Å²) in [6.45, 7) is 4.55. The van der Waals surface area contributed by atoms with E-state index in [9.17, 15) is 14.4 Å². The van der Waals surface area contributed by atoms with Gasteiger partial charge in [0.15, 0.2) is 5.78 Å². The Hall–Kier alpha value is -1.93. The number of piperidine rings is 1. The van der Waals surface area contributed by atoms with Crippen molar-refractivity contribution in [2.45, 2.75) is 39.0 Å². The molecule has 2 heterocycles. The van der Waals surface area contributed by atoms with Crippen LogP contribution >= 0.6 is 11.8 Å². The summed E-state index contributed by atoms with van der Waals surface area (Å²) in [5.41, 5.74) is 0.502. The quantitative estimate of drug-likeness (QED) is 0.279. The molecule has 0 radical (unpaired) electrons. The summed E-state index contributed by atoms with van der Waals surface area (Å²) in [4.78, 5) is 40.2. The van der Waals surface area contributed by atoms with Crippen LogP contribution in [0.1, 0.15) is 49.4 Å². The van der Waals surface area contributed by atoms with Gasteiger partial charge < -0.3 is 15.4 Å². The van der Waals surface area contributed by atoms with Gasteiger partial charge in [0.25, 0.3) is 0 Å². The molecule has 2 atom stereocenters. The molecule has 30 heavy (non-hydrogen) atoms. The van der Waals surface area contributed by atoms with Crippen LogP contribution in [0.3, 0.4) is 0 Å². The molecule has 1 aromatic rings. The molecule has 2 rings (SSSR count). The molecule has 0 aromatic carbocycles. The van der Waals surface area contributed by atoms with Gasteiger partial charge in [-0.3, -0.25) is 19.4 Å². The maximum atomic E-state index is 12.9. The number of carbonyl (C=O) groups is 3. The van der Waals surface area contributed by atoms with Gasteiger partial charge >= 0.3 is 5.97 Å². The lowest BCUT2D eigenvalue weighted by atomic mass is 9.95. The topological polar surface area (TPSA) is 97.4 Å². The number of nitrogens with one attached hydrogen (secondary N) is 2. The van der Waals surface area contributed by atoms with E-state index in [0.29, 0.717) is 36.1 Å². The maximum absolute atomic E-state index is 12.9. The van der Waals surface area contributed by atoms with E-state index in [1.165, 1.54) is 26.0 Å². The van der Waals surface area contributed by atoms with Crippen LogP contribution in [0.25, 0.3) is 0 Å². The molecular formula is C22H33N3O4S. The van der Waals surface area contributed by atoms with Crippen molar-refractivity contribution >= 4 is 29.4 Å². The predicted octanol–water partition coefficient (Wildman–Crippen LogP) is 2.46. The Labute approximate surface area is 183 Å². The first-order valence-electron chi connectivity index (χ1n) is 10.7. The summed E-state index contributed by atoms with van der Waals surface area (Å²) in [5, 5.41) is 6.13. The molecule has 0 spiro atoms. The van der Waals surface area contributed by atoms with Crippen molar-refractivity contribution in [3.8, 4) is 0 Å². The second kappa shape index (κ2) is 14.1. The Bertz CT molecular complexity index is 666. The van der Waals surface area contributed by atoms with Gasteiger partial charge in [0.2, 0.25) is 5.91 Å². The molecule has 1 aliphatic rings. The fraction of sp³-hybridized carbons (Fsp3) is 0.636. The average molecular weight is 436 g/mol. The number of ether oxygens (including phenoxy) is 1. The number of pyridine rings is 1. The van der Waals surface area contributed by atoms with Gasteiger partial charge in [-0.05, 0) is 56.8 Å². The fourth-order valence-corrected chi connectivity index (χ4v) is 4.45. The summed E-state index contributed by atoms with van der Waals surface area (Å²) in [7, 11) is 0. The minimum atomic E-state index is -0.466. The molecule has 1 fully saturated rings. The molecule has 0 bridgehead atoms. The van der Waals surface area contributed by atoms with E-state index in [0.717, 1.165) is 25.9 Å². The Balaban J connectivity index is 1.77. The first-order chi connectivity index (χ1) is 14.6. The number of nitrogens with zero attached hydrogens (tertiary/aromatic N) is 1. The summed E-state index contributed by atoms with van der Waals surface area (Å²) in [5.74, 6) is 0.869. The highest BCUT2D eigenvalue weighted by Gasteiger charge is 2.24. The van der Waals surface area contributed by atoms with E-state index in [2.05, 4.69) is 15.6 Å². The molecule has 1 amide bonds. The number of aromatic nitrogens is 1. The second-order valence-corrected chi connectivity index (χ2v) is 8.79. The van der Waals surface area contributed by atoms with E-state index < -0.39 is 5.92 Å². The summed E-state index contributed by atoms with van der Waals surface area (Å²) < 4.78 is 5.42. The third-order valence-electron chi connectivity index (χ3n) is 5.09. The van der Waals surface area contributed by atoms with Crippen molar-refractivity contribution in [3.05, 3.63) is 30.1 Å². The van der Waals surface area contributed by atoms with Gasteiger partial charge in [0, 0.05) is 48.8 Å². The summed E-state index contributed by atoms with van der Waals surface area (Å²) >= 11 is 1.54. The van der Waals surface area contributed by atoms with Crippen LogP contribution in [0.5, 0.6) is 0 Å². The van der Waals surface area contributed by atoms with Gasteiger partial charge in [-0.1, -0.05) is 0 Å². The van der Waals surface area contributed by atoms with E-state index in [-0.39, 0.29) is 24.1 Å². The molecule has 0 aliphatic carbocycles. The zero-order valence-electron chi connectivity index (χ0n) is 17.7. The highest BCUT2D eigenvalue weighted by atomic mass is 32.2. The highest BCUT2D eigenvalue weighted by Crippen LogP contribution is 2.19. The maximum Gasteiger partial charge on any atom is 0.306 e. The van der Waals surface area contributed by atoms with Crippen LogP contribution in [0.15, 0.2) is 24.5 Å². The fourth-order valence-electron chi connectivity index (χ4n) is 3.48. The van der Waals surface area contributed by atoms with Crippen molar-refractivity contribution in [1.29, 1.82) is 0 Å². The van der Waals surface area contributed by atoms with Crippen molar-refractivity contribution in [3.63, 3.8) is 0 Å². The lowest BCUT2D eigenvalue weighted by molar-refractivity contribution is -0.144. The molecule has 1 saturated heterocycles. The molecular weight excluding hydrogens is 402 g/mol. The van der Waals surface area contributed by atoms with Crippen LogP contribution in [0.2, 0.25) is 0 Å². The Morgan fingerprint density at radius 3 is 2.97 bits per heavy atom. The van der Waals surface area contributed by atoms with E-state index in [4.69, 9.17) is 4.74 Å². The molecule has 1 aromatic heterocycles. The van der Waals surface area contributed by atoms with Gasteiger partial charge in [-0.2, -0.15) is 11.8 Å². The predicted molar refractivity (Wildman–Crippen MR) is 118 cm³/mol. The normalized spacial score (nSPS) is 17.2. The lowest BCUT2D eigenvalue weighted by Crippen LogP contribution is -2.29. The van der Waals surface area contributed by atoms with E-state index in [1.54, 1.807) is 30.1 Å². The number of hydrogen-bond donors (Lipinski definition) is 2. The van der Waals surface area contributed by atoms with E-state index >= 15 is 0 Å². The largest absolute Gasteiger partial charge is 0.466 e. The Kier molecular flexibility index (Phi) is 11.5. The SMILES string of the molecule is CC(=O)NCCSCC(CC(=O)OCCCC1CCCNC1)C(=O)c1cccnc1. The zero-order valence-corrected chi connectivity index (χ0v) is 18.5. The van der Waals surface area contributed by atoms with Crippen molar-refractivity contribution in [2.75, 3.05) is 37.7 Å². The summed E-state index contributed by atoms with van der Waals surface area (Å²) in [6, 6.07) is 3.43. The van der Waals surface area contributed by atoms with Crippen LogP contribution < -0.4 is 10.6 Å². The van der Waals surface area contributed by atoms with Crippen molar-refractivity contribution < 1.29 is 19.1 Å². The Morgan fingerprint density at radius 2 is 2.27 bits per heavy atom. The number of ketones is 1. The zero-order chi connectivity index (χ0) is 21.6. The third kappa shape index (κ3) is 9.71. The lowest BCUT2D eigenvalue weighted by Gasteiger charge is -2.22. The van der Waals surface area contributed by atoms with Gasteiger partial charge in [0.1, 0.15) is 0 Å². The molecule has 0 saturated carbocycles. The number of esters is 1. The number of thioether (sulfide) groups is 1. The number of hydrogen-bond acceptors (Lipinski definition) is 7.